The van der Waals surface area contributed by atoms with Crippen molar-refractivity contribution in [3.05, 3.63) is 76.2 Å². The molecule has 0 saturated heterocycles. The minimum absolute atomic E-state index is 0.140. The smallest absolute Gasteiger partial charge is 0.276 e. The lowest BCUT2D eigenvalue weighted by Gasteiger charge is -2.05. The number of aromatic nitrogens is 4. The average molecular weight is 345 g/mol. The van der Waals surface area contributed by atoms with E-state index in [1.807, 2.05) is 31.2 Å². The largest absolute Gasteiger partial charge is 0.338 e. The first-order chi connectivity index (χ1) is 12.6. The Balaban J connectivity index is 1.55. The van der Waals surface area contributed by atoms with E-state index in [4.69, 9.17) is 0 Å². The van der Waals surface area contributed by atoms with Crippen LogP contribution < -0.4 is 10.9 Å². The SMILES string of the molecule is Cc1ccc2nc(-c3ccc(NC(=O)c4ccc(=O)[nH]n4)cc3)[nH]c2c1. The average Bonchev–Trinajstić information content (AvgIpc) is 3.06. The number of nitrogens with zero attached hydrogens (tertiary/aromatic N) is 2. The number of carbonyl (C=O) groups is 1. The monoisotopic (exact) mass is 345 g/mol. The Kier molecular flexibility index (Phi) is 3.81. The van der Waals surface area contributed by atoms with Gasteiger partial charge in [0.2, 0.25) is 0 Å². The molecule has 4 rings (SSSR count). The summed E-state index contributed by atoms with van der Waals surface area (Å²) in [7, 11) is 0. The number of H-pyrrole nitrogens is 2. The number of benzene rings is 2. The van der Waals surface area contributed by atoms with Crippen LogP contribution in [0.4, 0.5) is 5.69 Å². The van der Waals surface area contributed by atoms with E-state index in [2.05, 4.69) is 31.5 Å². The molecule has 0 aliphatic rings. The first-order valence-corrected chi connectivity index (χ1v) is 8.02. The van der Waals surface area contributed by atoms with Crippen molar-refractivity contribution in [3.63, 3.8) is 0 Å². The number of hydrogen-bond donors (Lipinski definition) is 3. The zero-order chi connectivity index (χ0) is 18.1. The second-order valence-corrected chi connectivity index (χ2v) is 5.94. The lowest BCUT2D eigenvalue weighted by Crippen LogP contribution is -2.17. The Hall–Kier alpha value is -3.74. The van der Waals surface area contributed by atoms with Crippen LogP contribution in [-0.2, 0) is 0 Å². The van der Waals surface area contributed by atoms with E-state index in [1.54, 1.807) is 12.1 Å². The quantitative estimate of drug-likeness (QED) is 0.531. The zero-order valence-corrected chi connectivity index (χ0v) is 13.9. The Bertz CT molecular complexity index is 1140. The molecular weight excluding hydrogens is 330 g/mol. The minimum atomic E-state index is -0.395. The molecule has 4 aromatic rings. The highest BCUT2D eigenvalue weighted by molar-refractivity contribution is 6.02. The van der Waals surface area contributed by atoms with Gasteiger partial charge in [-0.05, 0) is 55.0 Å². The summed E-state index contributed by atoms with van der Waals surface area (Å²) in [6.45, 7) is 2.04. The summed E-state index contributed by atoms with van der Waals surface area (Å²) in [4.78, 5) is 31.0. The first kappa shape index (κ1) is 15.8. The molecular formula is C19H15N5O2. The predicted molar refractivity (Wildman–Crippen MR) is 99.1 cm³/mol. The third-order valence-electron chi connectivity index (χ3n) is 3.97. The van der Waals surface area contributed by atoms with Gasteiger partial charge >= 0.3 is 0 Å². The zero-order valence-electron chi connectivity index (χ0n) is 13.9. The molecule has 2 aromatic carbocycles. The second-order valence-electron chi connectivity index (χ2n) is 5.94. The molecule has 0 aliphatic heterocycles. The molecule has 0 aliphatic carbocycles. The summed E-state index contributed by atoms with van der Waals surface area (Å²) in [6, 6.07) is 16.0. The van der Waals surface area contributed by atoms with Crippen molar-refractivity contribution < 1.29 is 4.79 Å². The molecule has 2 aromatic heterocycles. The number of anilines is 1. The molecule has 0 atom stereocenters. The van der Waals surface area contributed by atoms with Crippen LogP contribution >= 0.6 is 0 Å². The third-order valence-corrected chi connectivity index (χ3v) is 3.97. The first-order valence-electron chi connectivity index (χ1n) is 8.02. The van der Waals surface area contributed by atoms with Crippen molar-refractivity contribution in [2.45, 2.75) is 6.92 Å². The number of hydrogen-bond acceptors (Lipinski definition) is 4. The van der Waals surface area contributed by atoms with Crippen LogP contribution in [0.5, 0.6) is 0 Å². The summed E-state index contributed by atoms with van der Waals surface area (Å²) in [5.41, 5.74) is 4.39. The van der Waals surface area contributed by atoms with E-state index in [0.29, 0.717) is 5.69 Å². The van der Waals surface area contributed by atoms with Crippen LogP contribution in [0.2, 0.25) is 0 Å². The van der Waals surface area contributed by atoms with Gasteiger partial charge in [0, 0.05) is 17.3 Å². The van der Waals surface area contributed by atoms with Gasteiger partial charge in [-0.1, -0.05) is 6.07 Å². The van der Waals surface area contributed by atoms with E-state index < -0.39 is 5.91 Å². The molecule has 0 saturated carbocycles. The molecule has 1 amide bonds. The molecule has 0 bridgehead atoms. The van der Waals surface area contributed by atoms with Gasteiger partial charge in [0.1, 0.15) is 11.5 Å². The number of carbonyl (C=O) groups excluding carboxylic acids is 1. The van der Waals surface area contributed by atoms with Gasteiger partial charge in [-0.25, -0.2) is 10.1 Å². The summed E-state index contributed by atoms with van der Waals surface area (Å²) in [6.07, 6.45) is 0. The molecule has 3 N–H and O–H groups in total. The van der Waals surface area contributed by atoms with Crippen LogP contribution in [0, 0.1) is 6.92 Å². The Labute approximate surface area is 148 Å². The summed E-state index contributed by atoms with van der Waals surface area (Å²) >= 11 is 0. The highest BCUT2D eigenvalue weighted by atomic mass is 16.2. The van der Waals surface area contributed by atoms with Crippen molar-refractivity contribution >= 4 is 22.6 Å². The Morgan fingerprint density at radius 1 is 1.04 bits per heavy atom. The fourth-order valence-corrected chi connectivity index (χ4v) is 2.64. The van der Waals surface area contributed by atoms with E-state index in [0.717, 1.165) is 22.4 Å². The van der Waals surface area contributed by atoms with Crippen LogP contribution in [0.1, 0.15) is 16.1 Å². The summed E-state index contributed by atoms with van der Waals surface area (Å²) in [5.74, 6) is 0.374. The second kappa shape index (κ2) is 6.29. The normalized spacial score (nSPS) is 10.8. The number of aromatic amines is 2. The number of nitrogens with one attached hydrogen (secondary N) is 3. The fourth-order valence-electron chi connectivity index (χ4n) is 2.64. The van der Waals surface area contributed by atoms with Gasteiger partial charge in [0.05, 0.1) is 11.0 Å². The van der Waals surface area contributed by atoms with Crippen LogP contribution in [0.15, 0.2) is 59.4 Å². The van der Waals surface area contributed by atoms with Crippen molar-refractivity contribution in [2.24, 2.45) is 0 Å². The molecule has 2 heterocycles. The molecule has 0 fully saturated rings. The van der Waals surface area contributed by atoms with Crippen LogP contribution in [0.25, 0.3) is 22.4 Å². The molecule has 0 spiro atoms. The summed E-state index contributed by atoms with van der Waals surface area (Å²) < 4.78 is 0. The van der Waals surface area contributed by atoms with Gasteiger partial charge < -0.3 is 10.3 Å². The van der Waals surface area contributed by atoms with E-state index >= 15 is 0 Å². The standard InChI is InChI=1S/C19H15N5O2/c1-11-2-7-14-16(10-11)22-18(21-14)12-3-5-13(6-4-12)20-19(26)15-8-9-17(25)24-23-15/h2-10H,1H3,(H,20,26)(H,21,22)(H,24,25). The van der Waals surface area contributed by atoms with E-state index in [1.165, 1.54) is 17.7 Å². The molecule has 7 nitrogen and oxygen atoms in total. The number of rotatable bonds is 3. The highest BCUT2D eigenvalue weighted by Crippen LogP contribution is 2.22. The maximum absolute atomic E-state index is 12.1. The summed E-state index contributed by atoms with van der Waals surface area (Å²) in [5, 5.41) is 8.68. The lowest BCUT2D eigenvalue weighted by molar-refractivity contribution is 0.102. The van der Waals surface area contributed by atoms with Gasteiger partial charge in [0.15, 0.2) is 0 Å². The fraction of sp³-hybridized carbons (Fsp3) is 0.0526. The third kappa shape index (κ3) is 3.10. The van der Waals surface area contributed by atoms with Crippen molar-refractivity contribution in [3.8, 4) is 11.4 Å². The molecule has 0 unspecified atom stereocenters. The van der Waals surface area contributed by atoms with Gasteiger partial charge in [-0.15, -0.1) is 0 Å². The van der Waals surface area contributed by atoms with E-state index in [-0.39, 0.29) is 11.3 Å². The highest BCUT2D eigenvalue weighted by Gasteiger charge is 2.09. The molecule has 0 radical (unpaired) electrons. The van der Waals surface area contributed by atoms with Gasteiger partial charge in [-0.2, -0.15) is 5.10 Å². The number of imidazole rings is 1. The molecule has 128 valence electrons. The number of amides is 1. The van der Waals surface area contributed by atoms with Crippen molar-refractivity contribution in [2.75, 3.05) is 5.32 Å². The topological polar surface area (TPSA) is 104 Å². The van der Waals surface area contributed by atoms with Crippen LogP contribution in [-0.4, -0.2) is 26.1 Å². The Morgan fingerprint density at radius 3 is 2.58 bits per heavy atom. The molecule has 7 heteroatoms. The Morgan fingerprint density at radius 2 is 1.85 bits per heavy atom. The van der Waals surface area contributed by atoms with Gasteiger partial charge in [-0.3, -0.25) is 9.59 Å². The van der Waals surface area contributed by atoms with E-state index in [9.17, 15) is 9.59 Å². The van der Waals surface area contributed by atoms with Crippen LogP contribution in [0.3, 0.4) is 0 Å². The number of fused-ring (bicyclic) bond motifs is 1. The maximum atomic E-state index is 12.1. The molecule has 26 heavy (non-hydrogen) atoms. The minimum Gasteiger partial charge on any atom is -0.338 e. The predicted octanol–water partition coefficient (Wildman–Crippen LogP) is 2.87. The maximum Gasteiger partial charge on any atom is 0.276 e. The lowest BCUT2D eigenvalue weighted by atomic mass is 10.2. The van der Waals surface area contributed by atoms with Gasteiger partial charge in [0.25, 0.3) is 11.5 Å². The van der Waals surface area contributed by atoms with Crippen molar-refractivity contribution in [1.82, 2.24) is 20.2 Å². The number of aryl methyl sites for hydroxylation is 1. The van der Waals surface area contributed by atoms with Crippen molar-refractivity contribution in [1.29, 1.82) is 0 Å².